The first-order chi connectivity index (χ1) is 8.22. The van der Waals surface area contributed by atoms with Gasteiger partial charge in [-0.3, -0.25) is 0 Å². The van der Waals surface area contributed by atoms with Crippen molar-refractivity contribution < 1.29 is 0 Å². The van der Waals surface area contributed by atoms with Crippen LogP contribution in [-0.2, 0) is 0 Å². The van der Waals surface area contributed by atoms with Gasteiger partial charge in [0, 0.05) is 0 Å². The fourth-order valence-corrected chi connectivity index (χ4v) is 3.61. The van der Waals surface area contributed by atoms with Gasteiger partial charge in [-0.05, 0) is 49.6 Å². The first-order valence-electron chi connectivity index (χ1n) is 7.93. The summed E-state index contributed by atoms with van der Waals surface area (Å²) in [4.78, 5) is 0. The third-order valence-electron chi connectivity index (χ3n) is 4.89. The molecule has 0 aromatic heterocycles. The Morgan fingerprint density at radius 1 is 1.18 bits per heavy atom. The normalized spacial score (nSPS) is 31.4. The Bertz CT molecular complexity index is 190. The molecule has 0 aromatic carbocycles. The number of nitrogens with one attached hydrogen (secondary N) is 1. The summed E-state index contributed by atoms with van der Waals surface area (Å²) in [6, 6.07) is 0. The Morgan fingerprint density at radius 2 is 1.94 bits per heavy atom. The molecule has 0 amide bonds. The van der Waals surface area contributed by atoms with E-state index in [4.69, 9.17) is 0 Å². The van der Waals surface area contributed by atoms with Crippen molar-refractivity contribution in [3.8, 4) is 0 Å². The second-order valence-corrected chi connectivity index (χ2v) is 6.08. The summed E-state index contributed by atoms with van der Waals surface area (Å²) in [6.07, 6.45) is 8.63. The predicted octanol–water partition coefficient (Wildman–Crippen LogP) is 4.47. The van der Waals surface area contributed by atoms with Gasteiger partial charge < -0.3 is 5.32 Å². The van der Waals surface area contributed by atoms with Gasteiger partial charge in [-0.1, -0.05) is 53.4 Å². The van der Waals surface area contributed by atoms with Gasteiger partial charge in [0.1, 0.15) is 0 Å². The molecule has 0 heterocycles. The molecule has 1 saturated carbocycles. The maximum atomic E-state index is 3.57. The molecule has 1 aliphatic carbocycles. The molecule has 0 radical (unpaired) electrons. The first kappa shape index (κ1) is 15.0. The first-order valence-corrected chi connectivity index (χ1v) is 7.93. The van der Waals surface area contributed by atoms with E-state index in [0.717, 1.165) is 30.2 Å². The SMILES string of the molecule is CCCC1CCC(CNCC)C(C(C)CC)C1. The topological polar surface area (TPSA) is 12.0 Å². The van der Waals surface area contributed by atoms with Crippen molar-refractivity contribution in [2.45, 2.75) is 66.2 Å². The van der Waals surface area contributed by atoms with Gasteiger partial charge in [0.2, 0.25) is 0 Å². The van der Waals surface area contributed by atoms with Gasteiger partial charge in [-0.25, -0.2) is 0 Å². The van der Waals surface area contributed by atoms with Crippen LogP contribution in [0, 0.1) is 23.7 Å². The summed E-state index contributed by atoms with van der Waals surface area (Å²) >= 11 is 0. The minimum absolute atomic E-state index is 0.915. The van der Waals surface area contributed by atoms with Gasteiger partial charge in [-0.15, -0.1) is 0 Å². The average Bonchev–Trinajstić information content (AvgIpc) is 2.36. The third-order valence-corrected chi connectivity index (χ3v) is 4.89. The summed E-state index contributed by atoms with van der Waals surface area (Å²) in [6.45, 7) is 11.8. The standard InChI is InChI=1S/C16H33N/c1-5-8-14-9-10-15(12-17-7-3)16(11-14)13(4)6-2/h13-17H,5-12H2,1-4H3. The van der Waals surface area contributed by atoms with Crippen LogP contribution >= 0.6 is 0 Å². The van der Waals surface area contributed by atoms with E-state index >= 15 is 0 Å². The molecule has 4 atom stereocenters. The van der Waals surface area contributed by atoms with Gasteiger partial charge in [-0.2, -0.15) is 0 Å². The highest BCUT2D eigenvalue weighted by Gasteiger charge is 2.32. The maximum absolute atomic E-state index is 3.57. The molecule has 1 fully saturated rings. The molecular formula is C16H33N. The van der Waals surface area contributed by atoms with Crippen molar-refractivity contribution in [3.63, 3.8) is 0 Å². The number of rotatable bonds is 7. The van der Waals surface area contributed by atoms with Crippen LogP contribution in [-0.4, -0.2) is 13.1 Å². The largest absolute Gasteiger partial charge is 0.317 e. The highest BCUT2D eigenvalue weighted by Crippen LogP contribution is 2.40. The molecule has 4 unspecified atom stereocenters. The van der Waals surface area contributed by atoms with Crippen molar-refractivity contribution in [3.05, 3.63) is 0 Å². The second-order valence-electron chi connectivity index (χ2n) is 6.08. The van der Waals surface area contributed by atoms with Crippen LogP contribution in [0.15, 0.2) is 0 Å². The Balaban J connectivity index is 2.52. The summed E-state index contributed by atoms with van der Waals surface area (Å²) in [7, 11) is 0. The minimum Gasteiger partial charge on any atom is -0.317 e. The van der Waals surface area contributed by atoms with Crippen LogP contribution in [0.5, 0.6) is 0 Å². The van der Waals surface area contributed by atoms with E-state index in [1.54, 1.807) is 0 Å². The van der Waals surface area contributed by atoms with Crippen LogP contribution in [0.2, 0.25) is 0 Å². The summed E-state index contributed by atoms with van der Waals surface area (Å²) in [5.41, 5.74) is 0. The lowest BCUT2D eigenvalue weighted by atomic mass is 9.67. The summed E-state index contributed by atoms with van der Waals surface area (Å²) in [5, 5.41) is 3.57. The zero-order chi connectivity index (χ0) is 12.7. The molecule has 0 aromatic rings. The van der Waals surface area contributed by atoms with Crippen molar-refractivity contribution in [1.82, 2.24) is 5.32 Å². The molecule has 0 bridgehead atoms. The zero-order valence-corrected chi connectivity index (χ0v) is 12.5. The lowest BCUT2D eigenvalue weighted by Crippen LogP contribution is -2.36. The van der Waals surface area contributed by atoms with Gasteiger partial charge >= 0.3 is 0 Å². The Morgan fingerprint density at radius 3 is 2.53 bits per heavy atom. The third kappa shape index (κ3) is 4.62. The van der Waals surface area contributed by atoms with Crippen molar-refractivity contribution >= 4 is 0 Å². The molecule has 17 heavy (non-hydrogen) atoms. The van der Waals surface area contributed by atoms with E-state index in [1.165, 1.54) is 45.1 Å². The fourth-order valence-electron chi connectivity index (χ4n) is 3.61. The Kier molecular flexibility index (Phi) is 7.18. The zero-order valence-electron chi connectivity index (χ0n) is 12.5. The molecule has 102 valence electrons. The quantitative estimate of drug-likeness (QED) is 0.691. The van der Waals surface area contributed by atoms with Crippen molar-refractivity contribution in [2.75, 3.05) is 13.1 Å². The highest BCUT2D eigenvalue weighted by molar-refractivity contribution is 4.83. The highest BCUT2D eigenvalue weighted by atomic mass is 14.8. The van der Waals surface area contributed by atoms with E-state index in [-0.39, 0.29) is 0 Å². The van der Waals surface area contributed by atoms with E-state index in [2.05, 4.69) is 33.0 Å². The van der Waals surface area contributed by atoms with E-state index < -0.39 is 0 Å². The molecule has 0 aliphatic heterocycles. The molecule has 0 saturated heterocycles. The molecule has 1 heteroatoms. The minimum atomic E-state index is 0.915. The van der Waals surface area contributed by atoms with Crippen LogP contribution in [0.1, 0.15) is 66.2 Å². The average molecular weight is 239 g/mol. The molecule has 1 aliphatic rings. The molecule has 1 rings (SSSR count). The second kappa shape index (κ2) is 8.13. The molecular weight excluding hydrogens is 206 g/mol. The molecule has 1 nitrogen and oxygen atoms in total. The Labute approximate surface area is 109 Å². The lowest BCUT2D eigenvalue weighted by Gasteiger charge is -2.39. The number of hydrogen-bond donors (Lipinski definition) is 1. The van der Waals surface area contributed by atoms with E-state index in [0.29, 0.717) is 0 Å². The van der Waals surface area contributed by atoms with Crippen LogP contribution in [0.3, 0.4) is 0 Å². The maximum Gasteiger partial charge on any atom is -0.00179 e. The smallest absolute Gasteiger partial charge is 0.00179 e. The predicted molar refractivity (Wildman–Crippen MR) is 77.2 cm³/mol. The van der Waals surface area contributed by atoms with Crippen LogP contribution in [0.25, 0.3) is 0 Å². The van der Waals surface area contributed by atoms with Gasteiger partial charge in [0.05, 0.1) is 0 Å². The summed E-state index contributed by atoms with van der Waals surface area (Å²) in [5.74, 6) is 3.86. The number of hydrogen-bond acceptors (Lipinski definition) is 1. The van der Waals surface area contributed by atoms with Gasteiger partial charge in [0.15, 0.2) is 0 Å². The fraction of sp³-hybridized carbons (Fsp3) is 1.00. The van der Waals surface area contributed by atoms with E-state index in [9.17, 15) is 0 Å². The monoisotopic (exact) mass is 239 g/mol. The van der Waals surface area contributed by atoms with Crippen molar-refractivity contribution in [2.24, 2.45) is 23.7 Å². The van der Waals surface area contributed by atoms with E-state index in [1.807, 2.05) is 0 Å². The molecule has 1 N–H and O–H groups in total. The molecule has 0 spiro atoms. The lowest BCUT2D eigenvalue weighted by molar-refractivity contribution is 0.119. The summed E-state index contributed by atoms with van der Waals surface area (Å²) < 4.78 is 0. The van der Waals surface area contributed by atoms with Crippen molar-refractivity contribution in [1.29, 1.82) is 0 Å². The Hall–Kier alpha value is -0.0400. The van der Waals surface area contributed by atoms with Crippen LogP contribution in [0.4, 0.5) is 0 Å². The van der Waals surface area contributed by atoms with Gasteiger partial charge in [0.25, 0.3) is 0 Å². The van der Waals surface area contributed by atoms with Crippen LogP contribution < -0.4 is 5.32 Å².